The summed E-state index contributed by atoms with van der Waals surface area (Å²) in [5, 5.41) is 8.62. The van der Waals surface area contributed by atoms with Crippen LogP contribution in [0.4, 0.5) is 0 Å². The lowest BCUT2D eigenvalue weighted by atomic mass is 10.2. The van der Waals surface area contributed by atoms with E-state index in [-0.39, 0.29) is 6.29 Å². The largest absolute Gasteiger partial charge is 0.475 e. The summed E-state index contributed by atoms with van der Waals surface area (Å²) in [5.41, 5.74) is 0.522. The van der Waals surface area contributed by atoms with Crippen molar-refractivity contribution in [2.45, 2.75) is 25.6 Å². The molecular weight excluding hydrogens is 232 g/mol. The van der Waals surface area contributed by atoms with Crippen LogP contribution in [0.15, 0.2) is 18.3 Å². The van der Waals surface area contributed by atoms with Gasteiger partial charge in [0, 0.05) is 18.9 Å². The average molecular weight is 248 g/mol. The Morgan fingerprint density at radius 2 is 2.33 bits per heavy atom. The lowest BCUT2D eigenvalue weighted by Crippen LogP contribution is -2.24. The summed E-state index contributed by atoms with van der Waals surface area (Å²) in [5.74, 6) is 0.502. The Bertz CT molecular complexity index is 394. The van der Waals surface area contributed by atoms with Gasteiger partial charge in [-0.1, -0.05) is 0 Å². The number of rotatable bonds is 5. The molecule has 0 radical (unpaired) electrons. The molecule has 0 N–H and O–H groups in total. The van der Waals surface area contributed by atoms with E-state index in [4.69, 9.17) is 19.5 Å². The van der Waals surface area contributed by atoms with E-state index in [1.807, 2.05) is 6.07 Å². The minimum absolute atomic E-state index is 0.0868. The lowest BCUT2D eigenvalue weighted by molar-refractivity contribution is -0.165. The minimum atomic E-state index is -0.0868. The van der Waals surface area contributed by atoms with Crippen LogP contribution < -0.4 is 4.74 Å². The Morgan fingerprint density at radius 1 is 1.39 bits per heavy atom. The Hall–Kier alpha value is -1.64. The molecule has 2 rings (SSSR count). The van der Waals surface area contributed by atoms with Gasteiger partial charge in [-0.2, -0.15) is 5.26 Å². The summed E-state index contributed by atoms with van der Waals surface area (Å²) in [4.78, 5) is 4.00. The van der Waals surface area contributed by atoms with Crippen LogP contribution in [-0.4, -0.2) is 31.1 Å². The van der Waals surface area contributed by atoms with Crippen molar-refractivity contribution in [1.82, 2.24) is 4.98 Å². The van der Waals surface area contributed by atoms with Gasteiger partial charge in [0.15, 0.2) is 6.29 Å². The lowest BCUT2D eigenvalue weighted by Gasteiger charge is -2.22. The van der Waals surface area contributed by atoms with Crippen molar-refractivity contribution in [1.29, 1.82) is 5.26 Å². The zero-order chi connectivity index (χ0) is 12.6. The summed E-state index contributed by atoms with van der Waals surface area (Å²) in [7, 11) is 0. The average Bonchev–Trinajstić information content (AvgIpc) is 2.45. The van der Waals surface area contributed by atoms with E-state index in [0.29, 0.717) is 24.7 Å². The number of aromatic nitrogens is 1. The molecule has 0 aromatic carbocycles. The van der Waals surface area contributed by atoms with Crippen molar-refractivity contribution in [3.63, 3.8) is 0 Å². The maximum absolute atomic E-state index is 8.62. The van der Waals surface area contributed by atoms with Crippen molar-refractivity contribution >= 4 is 0 Å². The van der Waals surface area contributed by atoms with Gasteiger partial charge in [-0.15, -0.1) is 0 Å². The monoisotopic (exact) mass is 248 g/mol. The normalized spacial score (nSPS) is 19.2. The molecular formula is C13H16N2O3. The molecule has 0 amide bonds. The fraction of sp³-hybridized carbons (Fsp3) is 0.538. The second kappa shape index (κ2) is 6.94. The molecule has 0 bridgehead atoms. The Labute approximate surface area is 106 Å². The fourth-order valence-electron chi connectivity index (χ4n) is 1.70. The van der Waals surface area contributed by atoms with Gasteiger partial charge in [-0.05, 0) is 25.3 Å². The highest BCUT2D eigenvalue weighted by Crippen LogP contribution is 2.13. The highest BCUT2D eigenvalue weighted by atomic mass is 16.7. The van der Waals surface area contributed by atoms with Gasteiger partial charge in [0.2, 0.25) is 5.88 Å². The molecule has 1 saturated heterocycles. The van der Waals surface area contributed by atoms with Gasteiger partial charge in [0.05, 0.1) is 12.2 Å². The van der Waals surface area contributed by atoms with Gasteiger partial charge in [-0.3, -0.25) is 0 Å². The van der Waals surface area contributed by atoms with Crippen LogP contribution >= 0.6 is 0 Å². The van der Waals surface area contributed by atoms with Crippen molar-refractivity contribution in [3.05, 3.63) is 23.9 Å². The summed E-state index contributed by atoms with van der Waals surface area (Å²) < 4.78 is 16.3. The summed E-state index contributed by atoms with van der Waals surface area (Å²) in [6, 6.07) is 5.36. The Balaban J connectivity index is 1.63. The maximum atomic E-state index is 8.62. The van der Waals surface area contributed by atoms with Crippen molar-refractivity contribution in [2.75, 3.05) is 19.8 Å². The third-order valence-electron chi connectivity index (χ3n) is 2.64. The molecule has 5 heteroatoms. The molecule has 18 heavy (non-hydrogen) atoms. The number of nitriles is 1. The van der Waals surface area contributed by atoms with Crippen LogP contribution in [0.3, 0.4) is 0 Å². The van der Waals surface area contributed by atoms with E-state index in [9.17, 15) is 0 Å². The summed E-state index contributed by atoms with van der Waals surface area (Å²) in [6.45, 7) is 1.69. The smallest absolute Gasteiger partial charge is 0.213 e. The van der Waals surface area contributed by atoms with E-state index in [1.165, 1.54) is 6.20 Å². The first kappa shape index (κ1) is 12.8. The van der Waals surface area contributed by atoms with Gasteiger partial charge >= 0.3 is 0 Å². The zero-order valence-electron chi connectivity index (χ0n) is 10.2. The van der Waals surface area contributed by atoms with E-state index >= 15 is 0 Å². The minimum Gasteiger partial charge on any atom is -0.475 e. The molecule has 0 aliphatic carbocycles. The molecule has 1 fully saturated rings. The molecule has 1 aromatic rings. The molecule has 0 spiro atoms. The Kier molecular flexibility index (Phi) is 4.94. The zero-order valence-corrected chi connectivity index (χ0v) is 10.2. The third kappa shape index (κ3) is 3.99. The molecule has 0 saturated carbocycles. The number of hydrogen-bond acceptors (Lipinski definition) is 5. The van der Waals surface area contributed by atoms with E-state index in [0.717, 1.165) is 25.9 Å². The SMILES string of the molecule is N#Cc1ccc(OCCOC2CCCCO2)nc1. The molecule has 1 aliphatic rings. The topological polar surface area (TPSA) is 64.4 Å². The number of hydrogen-bond donors (Lipinski definition) is 0. The Morgan fingerprint density at radius 3 is 3.00 bits per heavy atom. The standard InChI is InChI=1S/C13H16N2O3/c14-9-11-4-5-12(15-10-11)16-7-8-18-13-3-1-2-6-17-13/h4-5,10,13H,1-3,6-8H2. The van der Waals surface area contributed by atoms with E-state index < -0.39 is 0 Å². The molecule has 1 aromatic heterocycles. The molecule has 96 valence electrons. The number of nitrogens with zero attached hydrogens (tertiary/aromatic N) is 2. The van der Waals surface area contributed by atoms with Gasteiger partial charge < -0.3 is 14.2 Å². The summed E-state index contributed by atoms with van der Waals surface area (Å²) >= 11 is 0. The first-order valence-electron chi connectivity index (χ1n) is 6.10. The van der Waals surface area contributed by atoms with Crippen molar-refractivity contribution in [3.8, 4) is 11.9 Å². The molecule has 1 aliphatic heterocycles. The van der Waals surface area contributed by atoms with Crippen molar-refractivity contribution in [2.24, 2.45) is 0 Å². The molecule has 1 unspecified atom stereocenters. The second-order valence-corrected chi connectivity index (χ2v) is 4.01. The fourth-order valence-corrected chi connectivity index (χ4v) is 1.70. The molecule has 2 heterocycles. The highest BCUT2D eigenvalue weighted by Gasteiger charge is 2.13. The molecule has 1 atom stereocenters. The van der Waals surface area contributed by atoms with E-state index in [2.05, 4.69) is 4.98 Å². The molecule has 5 nitrogen and oxygen atoms in total. The maximum Gasteiger partial charge on any atom is 0.213 e. The van der Waals surface area contributed by atoms with Crippen LogP contribution in [0, 0.1) is 11.3 Å². The summed E-state index contributed by atoms with van der Waals surface area (Å²) in [6.07, 6.45) is 4.63. The third-order valence-corrected chi connectivity index (χ3v) is 2.64. The quantitative estimate of drug-likeness (QED) is 0.744. The highest BCUT2D eigenvalue weighted by molar-refractivity contribution is 5.28. The first-order valence-corrected chi connectivity index (χ1v) is 6.10. The van der Waals surface area contributed by atoms with Gasteiger partial charge in [0.25, 0.3) is 0 Å². The number of pyridine rings is 1. The van der Waals surface area contributed by atoms with Crippen LogP contribution in [-0.2, 0) is 9.47 Å². The van der Waals surface area contributed by atoms with Crippen LogP contribution in [0.1, 0.15) is 24.8 Å². The van der Waals surface area contributed by atoms with Gasteiger partial charge in [0.1, 0.15) is 12.7 Å². The van der Waals surface area contributed by atoms with Crippen molar-refractivity contribution < 1.29 is 14.2 Å². The van der Waals surface area contributed by atoms with Crippen LogP contribution in [0.2, 0.25) is 0 Å². The van der Waals surface area contributed by atoms with Crippen LogP contribution in [0.25, 0.3) is 0 Å². The van der Waals surface area contributed by atoms with Crippen LogP contribution in [0.5, 0.6) is 5.88 Å². The predicted octanol–water partition coefficient (Wildman–Crippen LogP) is 1.88. The first-order chi connectivity index (χ1) is 8.88. The second-order valence-electron chi connectivity index (χ2n) is 4.01. The van der Waals surface area contributed by atoms with E-state index in [1.54, 1.807) is 12.1 Å². The van der Waals surface area contributed by atoms with Gasteiger partial charge in [-0.25, -0.2) is 4.98 Å². The predicted molar refractivity (Wildman–Crippen MR) is 64.0 cm³/mol. The number of ether oxygens (including phenoxy) is 3.